The van der Waals surface area contributed by atoms with Crippen LogP contribution in [0.1, 0.15) is 194 Å². The van der Waals surface area contributed by atoms with Gasteiger partial charge in [-0.1, -0.05) is 168 Å². The molecule has 0 bridgehead atoms. The number of hydrogen-bond acceptors (Lipinski definition) is 9. The molecule has 0 spiro atoms. The molecule has 0 aromatic rings. The van der Waals surface area contributed by atoms with E-state index in [1.807, 2.05) is 0 Å². The summed E-state index contributed by atoms with van der Waals surface area (Å²) in [6.45, 7) is 1.98. The predicted molar refractivity (Wildman–Crippen MR) is 196 cm³/mol. The molecule has 0 saturated heterocycles. The maximum Gasteiger partial charge on any atom is 0.472 e. The Hall–Kier alpha value is -1.03. The van der Waals surface area contributed by atoms with Gasteiger partial charge in [-0.15, -0.1) is 0 Å². The van der Waals surface area contributed by atoms with Crippen molar-refractivity contribution in [2.45, 2.75) is 206 Å². The first-order valence-electron chi connectivity index (χ1n) is 20.0. The molecule has 49 heavy (non-hydrogen) atoms. The Bertz CT molecular complexity index is 796. The van der Waals surface area contributed by atoms with Crippen molar-refractivity contribution in [2.24, 2.45) is 0 Å². The Labute approximate surface area is 299 Å². The molecule has 0 fully saturated rings. The highest BCUT2D eigenvalue weighted by molar-refractivity contribution is 7.47. The predicted octanol–water partition coefficient (Wildman–Crippen LogP) is 9.89. The third-order valence-electron chi connectivity index (χ3n) is 8.73. The van der Waals surface area contributed by atoms with Gasteiger partial charge in [0.05, 0.1) is 19.8 Å². The second-order valence-corrected chi connectivity index (χ2v) is 15.1. The van der Waals surface area contributed by atoms with Gasteiger partial charge in [0.1, 0.15) is 12.7 Å². The van der Waals surface area contributed by atoms with Gasteiger partial charge < -0.3 is 24.6 Å². The number of carbonyl (C=O) groups excluding carboxylic acids is 2. The lowest BCUT2D eigenvalue weighted by atomic mass is 10.0. The normalized spacial score (nSPS) is 14.0. The van der Waals surface area contributed by atoms with Crippen LogP contribution in [0.5, 0.6) is 0 Å². The molecule has 11 heteroatoms. The maximum atomic E-state index is 12.2. The summed E-state index contributed by atoms with van der Waals surface area (Å²) in [7, 11) is -4.58. The molecule has 0 saturated carbocycles. The third-order valence-corrected chi connectivity index (χ3v) is 9.68. The molecule has 0 aromatic heterocycles. The van der Waals surface area contributed by atoms with Crippen LogP contribution in [0.2, 0.25) is 0 Å². The maximum absolute atomic E-state index is 12.2. The number of phosphoric acid groups is 1. The average Bonchev–Trinajstić information content (AvgIpc) is 3.08. The van der Waals surface area contributed by atoms with Crippen LogP contribution in [0.3, 0.4) is 0 Å². The summed E-state index contributed by atoms with van der Waals surface area (Å²) in [5.41, 5.74) is 0. The lowest BCUT2D eigenvalue weighted by molar-refractivity contribution is -0.161. The van der Waals surface area contributed by atoms with Gasteiger partial charge in [0.25, 0.3) is 0 Å². The van der Waals surface area contributed by atoms with Crippen LogP contribution in [-0.4, -0.2) is 65.7 Å². The molecule has 1 unspecified atom stereocenters. The zero-order chi connectivity index (χ0) is 36.3. The van der Waals surface area contributed by atoms with Gasteiger partial charge >= 0.3 is 19.8 Å². The smallest absolute Gasteiger partial charge is 0.462 e. The summed E-state index contributed by atoms with van der Waals surface area (Å²) in [6.07, 6.45) is 31.5. The molecule has 10 nitrogen and oxygen atoms in total. The quantitative estimate of drug-likeness (QED) is 0.0319. The highest BCUT2D eigenvalue weighted by Crippen LogP contribution is 2.43. The number of unbranched alkanes of at least 4 members (excludes halogenated alkanes) is 24. The summed E-state index contributed by atoms with van der Waals surface area (Å²) in [5.74, 6) is -0.975. The number of esters is 2. The standard InChI is InChI=1S/C38H75O10P/c1-3-5-6-7-8-9-10-11-12-13-14-15-16-17-18-19-20-21-22-23-24-25-26-27-28-30-37(41)45-33-36(48-38(42)29-4-2)34-47-49(43,44)46-32-35(40)31-39/h35-36,39-40H,3-34H2,1-2H3,(H,43,44)/t35-,36+/m0/s1. The van der Waals surface area contributed by atoms with Crippen molar-refractivity contribution in [3.05, 3.63) is 0 Å². The number of phosphoric ester groups is 1. The first-order valence-corrected chi connectivity index (χ1v) is 21.5. The Balaban J connectivity index is 3.69. The van der Waals surface area contributed by atoms with Crippen LogP contribution in [0.25, 0.3) is 0 Å². The van der Waals surface area contributed by atoms with E-state index in [1.54, 1.807) is 6.92 Å². The van der Waals surface area contributed by atoms with E-state index in [-0.39, 0.29) is 19.4 Å². The summed E-state index contributed by atoms with van der Waals surface area (Å²) >= 11 is 0. The summed E-state index contributed by atoms with van der Waals surface area (Å²) in [5, 5.41) is 18.1. The number of ether oxygens (including phenoxy) is 2. The minimum absolute atomic E-state index is 0.139. The Morgan fingerprint density at radius 2 is 0.918 bits per heavy atom. The molecule has 0 aromatic carbocycles. The number of aliphatic hydroxyl groups excluding tert-OH is 2. The number of rotatable bonds is 38. The minimum atomic E-state index is -4.58. The molecule has 0 aliphatic carbocycles. The van der Waals surface area contributed by atoms with E-state index in [4.69, 9.17) is 19.1 Å². The number of hydrogen-bond donors (Lipinski definition) is 3. The van der Waals surface area contributed by atoms with Gasteiger partial charge in [-0.2, -0.15) is 0 Å². The van der Waals surface area contributed by atoms with E-state index in [2.05, 4.69) is 11.4 Å². The summed E-state index contributed by atoms with van der Waals surface area (Å²) in [6, 6.07) is 0. The molecule has 0 aliphatic rings. The fraction of sp³-hybridized carbons (Fsp3) is 0.947. The van der Waals surface area contributed by atoms with Crippen LogP contribution in [-0.2, 0) is 32.7 Å². The molecule has 0 aliphatic heterocycles. The Kier molecular flexibility index (Phi) is 34.6. The van der Waals surface area contributed by atoms with Gasteiger partial charge in [0.2, 0.25) is 0 Å². The molecular formula is C38H75O10P. The van der Waals surface area contributed by atoms with Crippen molar-refractivity contribution in [1.29, 1.82) is 0 Å². The first-order chi connectivity index (χ1) is 23.7. The zero-order valence-corrected chi connectivity index (χ0v) is 32.3. The van der Waals surface area contributed by atoms with Gasteiger partial charge in [-0.3, -0.25) is 18.6 Å². The van der Waals surface area contributed by atoms with Crippen LogP contribution in [0.15, 0.2) is 0 Å². The van der Waals surface area contributed by atoms with Crippen LogP contribution < -0.4 is 0 Å². The molecule has 0 rings (SSSR count). The summed E-state index contributed by atoms with van der Waals surface area (Å²) < 4.78 is 31.9. The van der Waals surface area contributed by atoms with Crippen molar-refractivity contribution in [3.8, 4) is 0 Å². The van der Waals surface area contributed by atoms with Crippen molar-refractivity contribution in [2.75, 3.05) is 26.4 Å². The van der Waals surface area contributed by atoms with E-state index in [1.165, 1.54) is 141 Å². The fourth-order valence-electron chi connectivity index (χ4n) is 5.68. The monoisotopic (exact) mass is 723 g/mol. The Morgan fingerprint density at radius 1 is 0.531 bits per heavy atom. The number of carbonyl (C=O) groups is 2. The van der Waals surface area contributed by atoms with Crippen molar-refractivity contribution < 1.29 is 47.8 Å². The highest BCUT2D eigenvalue weighted by Gasteiger charge is 2.27. The zero-order valence-electron chi connectivity index (χ0n) is 31.4. The minimum Gasteiger partial charge on any atom is -0.462 e. The second-order valence-electron chi connectivity index (χ2n) is 13.7. The van der Waals surface area contributed by atoms with E-state index < -0.39 is 51.8 Å². The average molecular weight is 723 g/mol. The third kappa shape index (κ3) is 35.2. The van der Waals surface area contributed by atoms with Crippen LogP contribution >= 0.6 is 7.82 Å². The van der Waals surface area contributed by atoms with Crippen LogP contribution in [0, 0.1) is 0 Å². The lowest BCUT2D eigenvalue weighted by Gasteiger charge is -2.20. The number of aliphatic hydroxyl groups is 2. The largest absolute Gasteiger partial charge is 0.472 e. The van der Waals surface area contributed by atoms with E-state index in [0.717, 1.165) is 12.8 Å². The first kappa shape index (κ1) is 48.0. The second kappa shape index (κ2) is 35.4. The van der Waals surface area contributed by atoms with Crippen molar-refractivity contribution >= 4 is 19.8 Å². The molecule has 0 radical (unpaired) electrons. The summed E-state index contributed by atoms with van der Waals surface area (Å²) in [4.78, 5) is 33.9. The molecule has 3 atom stereocenters. The van der Waals surface area contributed by atoms with E-state index in [0.29, 0.717) is 12.8 Å². The highest BCUT2D eigenvalue weighted by atomic mass is 31.2. The van der Waals surface area contributed by atoms with Crippen molar-refractivity contribution in [1.82, 2.24) is 0 Å². The van der Waals surface area contributed by atoms with E-state index >= 15 is 0 Å². The van der Waals surface area contributed by atoms with Gasteiger partial charge in [0.15, 0.2) is 6.10 Å². The molecule has 0 heterocycles. The van der Waals surface area contributed by atoms with Crippen molar-refractivity contribution in [3.63, 3.8) is 0 Å². The van der Waals surface area contributed by atoms with E-state index in [9.17, 15) is 24.2 Å². The Morgan fingerprint density at radius 3 is 1.31 bits per heavy atom. The molecule has 3 N–H and O–H groups in total. The lowest BCUT2D eigenvalue weighted by Crippen LogP contribution is -2.29. The van der Waals surface area contributed by atoms with Gasteiger partial charge in [-0.05, 0) is 12.8 Å². The van der Waals surface area contributed by atoms with Gasteiger partial charge in [0, 0.05) is 12.8 Å². The molecule has 292 valence electrons. The molecular weight excluding hydrogens is 647 g/mol. The van der Waals surface area contributed by atoms with Crippen LogP contribution in [0.4, 0.5) is 0 Å². The van der Waals surface area contributed by atoms with Gasteiger partial charge in [-0.25, -0.2) is 4.57 Å². The SMILES string of the molecule is CCCCCCCCCCCCCCCCCCCCCCCCCCCC(=O)OC[C@H](COP(=O)(O)OC[C@@H](O)CO)OC(=O)CCC. The fourth-order valence-corrected chi connectivity index (χ4v) is 6.47. The molecule has 0 amide bonds. The topological polar surface area (TPSA) is 149 Å².